The fourth-order valence-electron chi connectivity index (χ4n) is 2.74. The van der Waals surface area contributed by atoms with Crippen LogP contribution in [-0.4, -0.2) is 23.8 Å². The Morgan fingerprint density at radius 1 is 1.08 bits per heavy atom. The van der Waals surface area contributed by atoms with E-state index in [0.717, 1.165) is 10.5 Å². The maximum Gasteiger partial charge on any atom is 0.253 e. The Kier molecular flexibility index (Phi) is 5.38. The monoisotopic (exact) mass is 355 g/mol. The Morgan fingerprint density at radius 3 is 2.46 bits per heavy atom. The van der Waals surface area contributed by atoms with E-state index in [1.54, 1.807) is 0 Å². The smallest absolute Gasteiger partial charge is 0.253 e. The van der Waals surface area contributed by atoms with Gasteiger partial charge < -0.3 is 0 Å². The highest BCUT2D eigenvalue weighted by Crippen LogP contribution is 2.22. The number of carbonyl (C=O) groups excluding carboxylic acids is 3. The maximum absolute atomic E-state index is 13.0. The first kappa shape index (κ1) is 17.8. The molecule has 0 radical (unpaired) electrons. The predicted octanol–water partition coefficient (Wildman–Crippen LogP) is 1.71. The highest BCUT2D eigenvalue weighted by Gasteiger charge is 2.39. The molecular formula is C19H18FN3O3. The van der Waals surface area contributed by atoms with E-state index in [1.165, 1.54) is 24.3 Å². The van der Waals surface area contributed by atoms with Crippen LogP contribution < -0.4 is 15.8 Å². The third kappa shape index (κ3) is 4.12. The Morgan fingerprint density at radius 2 is 1.77 bits per heavy atom. The van der Waals surface area contributed by atoms with Crippen LogP contribution in [0.25, 0.3) is 0 Å². The van der Waals surface area contributed by atoms with Crippen molar-refractivity contribution in [2.75, 3.05) is 4.90 Å². The number of hydrazine groups is 1. The summed E-state index contributed by atoms with van der Waals surface area (Å²) >= 11 is 0. The molecule has 0 spiro atoms. The minimum atomic E-state index is -0.840. The predicted molar refractivity (Wildman–Crippen MR) is 93.3 cm³/mol. The van der Waals surface area contributed by atoms with Crippen molar-refractivity contribution >= 4 is 23.4 Å². The molecule has 0 unspecified atom stereocenters. The van der Waals surface area contributed by atoms with Crippen LogP contribution in [0.3, 0.4) is 0 Å². The number of hydrogen-bond donors (Lipinski definition) is 2. The van der Waals surface area contributed by atoms with Crippen LogP contribution in [0.1, 0.15) is 18.4 Å². The third-order valence-electron chi connectivity index (χ3n) is 4.10. The molecule has 2 N–H and O–H groups in total. The summed E-state index contributed by atoms with van der Waals surface area (Å²) in [6, 6.07) is 13.8. The number of aryl methyl sites for hydroxylation is 1. The maximum atomic E-state index is 13.0. The van der Waals surface area contributed by atoms with Crippen LogP contribution in [0.15, 0.2) is 54.6 Å². The summed E-state index contributed by atoms with van der Waals surface area (Å²) in [4.78, 5) is 37.4. The molecule has 1 fully saturated rings. The van der Waals surface area contributed by atoms with Gasteiger partial charge in [-0.3, -0.25) is 19.8 Å². The average molecular weight is 355 g/mol. The van der Waals surface area contributed by atoms with Crippen LogP contribution in [0.5, 0.6) is 0 Å². The van der Waals surface area contributed by atoms with Gasteiger partial charge in [-0.05, 0) is 36.2 Å². The molecule has 0 bridgehead atoms. The second-order valence-electron chi connectivity index (χ2n) is 5.98. The van der Waals surface area contributed by atoms with E-state index in [4.69, 9.17) is 0 Å². The molecule has 26 heavy (non-hydrogen) atoms. The van der Waals surface area contributed by atoms with Crippen LogP contribution in [0.4, 0.5) is 10.1 Å². The van der Waals surface area contributed by atoms with Gasteiger partial charge in [0.05, 0.1) is 12.1 Å². The molecule has 3 rings (SSSR count). The van der Waals surface area contributed by atoms with Gasteiger partial charge in [0.25, 0.3) is 5.91 Å². The van der Waals surface area contributed by atoms with Gasteiger partial charge in [-0.15, -0.1) is 0 Å². The van der Waals surface area contributed by atoms with Crippen LogP contribution in [0.2, 0.25) is 0 Å². The first-order valence-corrected chi connectivity index (χ1v) is 8.25. The number of amides is 3. The van der Waals surface area contributed by atoms with Crippen molar-refractivity contribution in [1.29, 1.82) is 0 Å². The number of halogens is 1. The minimum Gasteiger partial charge on any atom is -0.291 e. The molecular weight excluding hydrogens is 337 g/mol. The SMILES string of the molecule is O=C(CCc1ccccc1)NN[C@H]1CC(=O)N(c2ccc(F)cc2)C1=O. The van der Waals surface area contributed by atoms with Crippen molar-refractivity contribution < 1.29 is 18.8 Å². The molecule has 1 saturated heterocycles. The molecule has 1 atom stereocenters. The largest absolute Gasteiger partial charge is 0.291 e. The van der Waals surface area contributed by atoms with E-state index in [-0.39, 0.29) is 18.7 Å². The number of nitrogens with zero attached hydrogens (tertiary/aromatic N) is 1. The summed E-state index contributed by atoms with van der Waals surface area (Å²) in [6.07, 6.45) is 0.760. The van der Waals surface area contributed by atoms with Crippen molar-refractivity contribution in [1.82, 2.24) is 10.9 Å². The van der Waals surface area contributed by atoms with Gasteiger partial charge in [0.15, 0.2) is 0 Å². The first-order valence-electron chi connectivity index (χ1n) is 8.25. The zero-order valence-electron chi connectivity index (χ0n) is 13.9. The Balaban J connectivity index is 1.52. The van der Waals surface area contributed by atoms with Gasteiger partial charge in [0, 0.05) is 6.42 Å². The summed E-state index contributed by atoms with van der Waals surface area (Å²) in [7, 11) is 0. The Hall–Kier alpha value is -3.06. The zero-order chi connectivity index (χ0) is 18.5. The number of nitrogens with one attached hydrogen (secondary N) is 2. The van der Waals surface area contributed by atoms with Gasteiger partial charge in [-0.2, -0.15) is 0 Å². The molecule has 2 aromatic carbocycles. The Labute approximate surface area is 150 Å². The van der Waals surface area contributed by atoms with E-state index in [0.29, 0.717) is 12.1 Å². The molecule has 1 heterocycles. The van der Waals surface area contributed by atoms with Gasteiger partial charge in [0.1, 0.15) is 11.9 Å². The lowest BCUT2D eigenvalue weighted by atomic mass is 10.1. The lowest BCUT2D eigenvalue weighted by Crippen LogP contribution is -2.48. The summed E-state index contributed by atoms with van der Waals surface area (Å²) in [5.41, 5.74) is 6.45. The number of hydrogen-bond acceptors (Lipinski definition) is 4. The van der Waals surface area contributed by atoms with E-state index >= 15 is 0 Å². The van der Waals surface area contributed by atoms with E-state index in [2.05, 4.69) is 10.9 Å². The number of imide groups is 1. The van der Waals surface area contributed by atoms with Crippen molar-refractivity contribution in [3.8, 4) is 0 Å². The Bertz CT molecular complexity index is 809. The van der Waals surface area contributed by atoms with Crippen molar-refractivity contribution in [3.63, 3.8) is 0 Å². The van der Waals surface area contributed by atoms with Gasteiger partial charge in [-0.1, -0.05) is 30.3 Å². The molecule has 0 aromatic heterocycles. The lowest BCUT2D eigenvalue weighted by molar-refractivity contribution is -0.123. The number of benzene rings is 2. The van der Waals surface area contributed by atoms with E-state index in [9.17, 15) is 18.8 Å². The second kappa shape index (κ2) is 7.88. The number of carbonyl (C=O) groups is 3. The summed E-state index contributed by atoms with van der Waals surface area (Å²) in [5.74, 6) is -1.61. The summed E-state index contributed by atoms with van der Waals surface area (Å²) in [6.45, 7) is 0. The topological polar surface area (TPSA) is 78.5 Å². The average Bonchev–Trinajstić information content (AvgIpc) is 2.93. The van der Waals surface area contributed by atoms with Crippen LogP contribution in [0, 0.1) is 5.82 Å². The minimum absolute atomic E-state index is 0.0742. The van der Waals surface area contributed by atoms with Gasteiger partial charge in [0.2, 0.25) is 11.8 Å². The van der Waals surface area contributed by atoms with Crippen LogP contribution in [-0.2, 0) is 20.8 Å². The fourth-order valence-corrected chi connectivity index (χ4v) is 2.74. The summed E-state index contributed by atoms with van der Waals surface area (Å²) in [5, 5.41) is 0. The van der Waals surface area contributed by atoms with Crippen molar-refractivity contribution in [2.24, 2.45) is 0 Å². The molecule has 1 aliphatic rings. The van der Waals surface area contributed by atoms with Crippen molar-refractivity contribution in [2.45, 2.75) is 25.3 Å². The molecule has 134 valence electrons. The highest BCUT2D eigenvalue weighted by atomic mass is 19.1. The van der Waals surface area contributed by atoms with E-state index < -0.39 is 23.7 Å². The fraction of sp³-hybridized carbons (Fsp3) is 0.211. The van der Waals surface area contributed by atoms with Crippen LogP contribution >= 0.6 is 0 Å². The number of rotatable bonds is 6. The van der Waals surface area contributed by atoms with Gasteiger partial charge in [-0.25, -0.2) is 14.7 Å². The quantitative estimate of drug-likeness (QED) is 0.611. The number of anilines is 1. The van der Waals surface area contributed by atoms with Crippen molar-refractivity contribution in [3.05, 3.63) is 66.0 Å². The molecule has 1 aliphatic heterocycles. The zero-order valence-corrected chi connectivity index (χ0v) is 13.9. The molecule has 3 amide bonds. The summed E-state index contributed by atoms with van der Waals surface area (Å²) < 4.78 is 13.0. The first-order chi connectivity index (χ1) is 12.5. The molecule has 0 aliphatic carbocycles. The second-order valence-corrected chi connectivity index (χ2v) is 5.98. The standard InChI is InChI=1S/C19H18FN3O3/c20-14-7-9-15(10-8-14)23-18(25)12-16(19(23)26)21-22-17(24)11-6-13-4-2-1-3-5-13/h1-5,7-10,16,21H,6,11-12H2,(H,22,24)/t16-/m0/s1. The molecule has 6 nitrogen and oxygen atoms in total. The van der Waals surface area contributed by atoms with E-state index in [1.807, 2.05) is 30.3 Å². The molecule has 7 heteroatoms. The molecule has 0 saturated carbocycles. The molecule has 2 aromatic rings. The van der Waals surface area contributed by atoms with Gasteiger partial charge >= 0.3 is 0 Å². The normalized spacial score (nSPS) is 16.8. The highest BCUT2D eigenvalue weighted by molar-refractivity contribution is 6.22. The third-order valence-corrected chi connectivity index (χ3v) is 4.10. The lowest BCUT2D eigenvalue weighted by Gasteiger charge is -2.16.